The second kappa shape index (κ2) is 10.9. The van der Waals surface area contributed by atoms with Crippen LogP contribution in [-0.2, 0) is 19.6 Å². The molecule has 10 heteroatoms. The molecule has 1 unspecified atom stereocenters. The van der Waals surface area contributed by atoms with Gasteiger partial charge in [0.1, 0.15) is 12.4 Å². The molecule has 0 bridgehead atoms. The van der Waals surface area contributed by atoms with Gasteiger partial charge in [0.05, 0.1) is 18.1 Å². The Hall–Kier alpha value is -2.16. The molecule has 1 aromatic rings. The van der Waals surface area contributed by atoms with Crippen molar-refractivity contribution in [3.63, 3.8) is 0 Å². The minimum absolute atomic E-state index is 0.0799. The standard InChI is InChI=1S/C21H31N3O6S/c1-4-5-14-30-18-6-8-19(9-7-18)31(27,28)24(21(26,17(2)3)20(22)25)11-10-23-12-15-29-16-13-23/h6-9,17,26H,10-16H2,1-3H3,(H2,22,25). The van der Waals surface area contributed by atoms with Crippen molar-refractivity contribution in [3.05, 3.63) is 24.3 Å². The molecule has 1 saturated heterocycles. The SMILES string of the molecule is CC#CCOc1ccc(S(=O)(=O)N(CCN2CCOCC2)C(O)(C(N)=O)C(C)C)cc1. The highest BCUT2D eigenvalue weighted by Crippen LogP contribution is 2.30. The molecule has 1 aliphatic heterocycles. The fraction of sp³-hybridized carbons (Fsp3) is 0.571. The Morgan fingerprint density at radius 3 is 2.45 bits per heavy atom. The summed E-state index contributed by atoms with van der Waals surface area (Å²) < 4.78 is 38.5. The van der Waals surface area contributed by atoms with Crippen molar-refractivity contribution < 1.29 is 27.8 Å². The molecule has 1 aromatic carbocycles. The second-order valence-electron chi connectivity index (χ2n) is 7.46. The Morgan fingerprint density at radius 1 is 1.32 bits per heavy atom. The number of nitrogens with two attached hydrogens (primary N) is 1. The Morgan fingerprint density at radius 2 is 1.94 bits per heavy atom. The third-order valence-electron chi connectivity index (χ3n) is 5.17. The largest absolute Gasteiger partial charge is 0.481 e. The molecule has 0 aromatic heterocycles. The van der Waals surface area contributed by atoms with Crippen LogP contribution >= 0.6 is 0 Å². The van der Waals surface area contributed by atoms with Gasteiger partial charge in [0.25, 0.3) is 5.91 Å². The van der Waals surface area contributed by atoms with Gasteiger partial charge in [0.2, 0.25) is 15.7 Å². The zero-order valence-corrected chi connectivity index (χ0v) is 19.0. The summed E-state index contributed by atoms with van der Waals surface area (Å²) in [6, 6.07) is 5.74. The molecule has 2 rings (SSSR count). The summed E-state index contributed by atoms with van der Waals surface area (Å²) in [6.45, 7) is 7.55. The first-order valence-corrected chi connectivity index (χ1v) is 11.6. The van der Waals surface area contributed by atoms with Gasteiger partial charge in [0, 0.05) is 32.1 Å². The van der Waals surface area contributed by atoms with E-state index in [9.17, 15) is 18.3 Å². The lowest BCUT2D eigenvalue weighted by Gasteiger charge is -2.40. The number of aliphatic hydroxyl groups is 1. The molecule has 0 aliphatic carbocycles. The molecule has 9 nitrogen and oxygen atoms in total. The van der Waals surface area contributed by atoms with Crippen LogP contribution in [0, 0.1) is 17.8 Å². The van der Waals surface area contributed by atoms with Crippen molar-refractivity contribution in [2.24, 2.45) is 11.7 Å². The summed E-state index contributed by atoms with van der Waals surface area (Å²) in [5.41, 5.74) is 3.11. The van der Waals surface area contributed by atoms with Crippen LogP contribution in [0.3, 0.4) is 0 Å². The van der Waals surface area contributed by atoms with Crippen molar-refractivity contribution in [2.75, 3.05) is 46.0 Å². The maximum Gasteiger partial charge on any atom is 0.266 e. The molecule has 0 spiro atoms. The number of carbonyl (C=O) groups excluding carboxylic acids is 1. The molecule has 3 N–H and O–H groups in total. The molecule has 1 atom stereocenters. The van der Waals surface area contributed by atoms with E-state index in [4.69, 9.17) is 15.2 Å². The lowest BCUT2D eigenvalue weighted by atomic mass is 9.99. The first kappa shape index (κ1) is 25.1. The van der Waals surface area contributed by atoms with Gasteiger partial charge in [-0.15, -0.1) is 5.92 Å². The average molecular weight is 454 g/mol. The van der Waals surface area contributed by atoms with E-state index in [0.29, 0.717) is 38.6 Å². The van der Waals surface area contributed by atoms with Crippen LogP contribution in [-0.4, -0.2) is 80.4 Å². The number of carbonyl (C=O) groups is 1. The van der Waals surface area contributed by atoms with Crippen LogP contribution in [0.4, 0.5) is 0 Å². The number of nitrogens with zero attached hydrogens (tertiary/aromatic N) is 2. The molecule has 172 valence electrons. The number of rotatable bonds is 10. The van der Waals surface area contributed by atoms with Crippen LogP contribution < -0.4 is 10.5 Å². The number of morpholine rings is 1. The maximum atomic E-state index is 13.5. The fourth-order valence-corrected chi connectivity index (χ4v) is 4.98. The fourth-order valence-electron chi connectivity index (χ4n) is 3.25. The Kier molecular flexibility index (Phi) is 8.85. The molecule has 0 radical (unpaired) electrons. The highest BCUT2D eigenvalue weighted by molar-refractivity contribution is 7.89. The van der Waals surface area contributed by atoms with Crippen LogP contribution in [0.5, 0.6) is 5.75 Å². The van der Waals surface area contributed by atoms with E-state index in [0.717, 1.165) is 4.31 Å². The average Bonchev–Trinajstić information content (AvgIpc) is 2.74. The summed E-state index contributed by atoms with van der Waals surface area (Å²) in [4.78, 5) is 14.2. The topological polar surface area (TPSA) is 122 Å². The number of hydrogen-bond donors (Lipinski definition) is 2. The zero-order valence-electron chi connectivity index (χ0n) is 18.2. The minimum atomic E-state index is -4.25. The Labute approximate surface area is 184 Å². The number of ether oxygens (including phenoxy) is 2. The second-order valence-corrected chi connectivity index (χ2v) is 9.33. The highest BCUT2D eigenvalue weighted by atomic mass is 32.2. The highest BCUT2D eigenvalue weighted by Gasteiger charge is 2.50. The monoisotopic (exact) mass is 453 g/mol. The molecule has 1 fully saturated rings. The van der Waals surface area contributed by atoms with Gasteiger partial charge in [0.15, 0.2) is 0 Å². The Balaban J connectivity index is 2.35. The van der Waals surface area contributed by atoms with Gasteiger partial charge in [-0.1, -0.05) is 19.8 Å². The molecule has 31 heavy (non-hydrogen) atoms. The number of benzene rings is 1. The van der Waals surface area contributed by atoms with Gasteiger partial charge < -0.3 is 20.3 Å². The van der Waals surface area contributed by atoms with Gasteiger partial charge >= 0.3 is 0 Å². The first-order valence-electron chi connectivity index (χ1n) is 10.1. The van der Waals surface area contributed by atoms with Gasteiger partial charge in [-0.2, -0.15) is 4.31 Å². The van der Waals surface area contributed by atoms with Crippen LogP contribution in [0.25, 0.3) is 0 Å². The summed E-state index contributed by atoms with van der Waals surface area (Å²) in [7, 11) is -4.25. The van der Waals surface area contributed by atoms with Crippen LogP contribution in [0.2, 0.25) is 0 Å². The molecule has 1 aliphatic rings. The van der Waals surface area contributed by atoms with Crippen molar-refractivity contribution in [2.45, 2.75) is 31.4 Å². The summed E-state index contributed by atoms with van der Waals surface area (Å²) >= 11 is 0. The molecule has 1 heterocycles. The van der Waals surface area contributed by atoms with Crippen LogP contribution in [0.1, 0.15) is 20.8 Å². The predicted molar refractivity (Wildman–Crippen MR) is 116 cm³/mol. The summed E-state index contributed by atoms with van der Waals surface area (Å²) in [5, 5.41) is 11.1. The zero-order chi connectivity index (χ0) is 23.1. The third-order valence-corrected chi connectivity index (χ3v) is 7.08. The van der Waals surface area contributed by atoms with E-state index < -0.39 is 27.6 Å². The number of hydrogen-bond acceptors (Lipinski definition) is 7. The lowest BCUT2D eigenvalue weighted by molar-refractivity contribution is -0.159. The van der Waals surface area contributed by atoms with E-state index in [1.165, 1.54) is 24.3 Å². The first-order chi connectivity index (χ1) is 14.6. The third kappa shape index (κ3) is 5.96. The van der Waals surface area contributed by atoms with Gasteiger partial charge in [-0.05, 0) is 31.2 Å². The molecule has 1 amide bonds. The maximum absolute atomic E-state index is 13.5. The normalized spacial score (nSPS) is 17.1. The van der Waals surface area contributed by atoms with E-state index in [1.807, 2.05) is 4.90 Å². The number of amides is 1. The van der Waals surface area contributed by atoms with Gasteiger partial charge in [-0.25, -0.2) is 8.42 Å². The van der Waals surface area contributed by atoms with E-state index in [-0.39, 0.29) is 18.0 Å². The summed E-state index contributed by atoms with van der Waals surface area (Å²) in [6.07, 6.45) is 0. The van der Waals surface area contributed by atoms with E-state index >= 15 is 0 Å². The van der Waals surface area contributed by atoms with Crippen molar-refractivity contribution >= 4 is 15.9 Å². The summed E-state index contributed by atoms with van der Waals surface area (Å²) in [5.74, 6) is 4.03. The molecule has 0 saturated carbocycles. The van der Waals surface area contributed by atoms with Crippen molar-refractivity contribution in [3.8, 4) is 17.6 Å². The van der Waals surface area contributed by atoms with E-state index in [2.05, 4.69) is 11.8 Å². The predicted octanol–water partition coefficient (Wildman–Crippen LogP) is 0.242. The van der Waals surface area contributed by atoms with Gasteiger partial charge in [-0.3, -0.25) is 9.69 Å². The smallest absolute Gasteiger partial charge is 0.266 e. The minimum Gasteiger partial charge on any atom is -0.481 e. The number of primary amides is 1. The van der Waals surface area contributed by atoms with E-state index in [1.54, 1.807) is 20.8 Å². The molecular weight excluding hydrogens is 422 g/mol. The lowest BCUT2D eigenvalue weighted by Crippen LogP contribution is -2.63. The quantitative estimate of drug-likeness (QED) is 0.384. The van der Waals surface area contributed by atoms with Crippen molar-refractivity contribution in [1.82, 2.24) is 9.21 Å². The van der Waals surface area contributed by atoms with Crippen LogP contribution in [0.15, 0.2) is 29.2 Å². The number of sulfonamides is 1. The Bertz CT molecular complexity index is 901. The molecular formula is C21H31N3O6S. The van der Waals surface area contributed by atoms with Crippen molar-refractivity contribution in [1.29, 1.82) is 0 Å².